The first kappa shape index (κ1) is 16.4. The maximum absolute atomic E-state index is 5.76. The Bertz CT molecular complexity index is 410. The summed E-state index contributed by atoms with van der Waals surface area (Å²) in [6.45, 7) is 6.71. The summed E-state index contributed by atoms with van der Waals surface area (Å²) < 4.78 is 12.1. The number of hydrogen-bond donors (Lipinski definition) is 2. The topological polar surface area (TPSA) is 56.5 Å². The van der Waals surface area contributed by atoms with Gasteiger partial charge in [-0.15, -0.1) is 0 Å². The zero-order valence-corrected chi connectivity index (χ0v) is 13.6. The van der Waals surface area contributed by atoms with Gasteiger partial charge in [0.1, 0.15) is 5.75 Å². The van der Waals surface area contributed by atoms with Crippen molar-refractivity contribution in [3.05, 3.63) is 28.2 Å². The lowest BCUT2D eigenvalue weighted by Crippen LogP contribution is -2.52. The van der Waals surface area contributed by atoms with Gasteiger partial charge in [0, 0.05) is 11.1 Å². The van der Waals surface area contributed by atoms with Crippen molar-refractivity contribution in [2.75, 3.05) is 13.7 Å². The van der Waals surface area contributed by atoms with Crippen LogP contribution >= 0.6 is 15.9 Å². The molecule has 0 heterocycles. The summed E-state index contributed by atoms with van der Waals surface area (Å²) in [5.74, 6) is 6.52. The number of methoxy groups -OCH3 is 1. The average molecular weight is 331 g/mol. The molecule has 0 amide bonds. The summed E-state index contributed by atoms with van der Waals surface area (Å²) in [5.41, 5.74) is 3.65. The van der Waals surface area contributed by atoms with Crippen molar-refractivity contribution in [1.82, 2.24) is 5.43 Å². The van der Waals surface area contributed by atoms with Crippen LogP contribution in [0.5, 0.6) is 5.75 Å². The highest BCUT2D eigenvalue weighted by Crippen LogP contribution is 2.26. The molecule has 0 aliphatic heterocycles. The van der Waals surface area contributed by atoms with E-state index >= 15 is 0 Å². The Morgan fingerprint density at radius 2 is 2.11 bits per heavy atom. The van der Waals surface area contributed by atoms with Crippen molar-refractivity contribution >= 4 is 15.9 Å². The van der Waals surface area contributed by atoms with E-state index in [4.69, 9.17) is 15.3 Å². The van der Waals surface area contributed by atoms with Crippen molar-refractivity contribution in [2.45, 2.75) is 38.8 Å². The molecule has 0 saturated carbocycles. The fourth-order valence-electron chi connectivity index (χ4n) is 2.03. The van der Waals surface area contributed by atoms with Gasteiger partial charge in [-0.05, 0) is 51.0 Å². The maximum atomic E-state index is 5.76. The van der Waals surface area contributed by atoms with E-state index < -0.39 is 0 Å². The number of halogens is 1. The van der Waals surface area contributed by atoms with Gasteiger partial charge in [0.25, 0.3) is 0 Å². The Hall–Kier alpha value is -0.620. The molecule has 0 saturated heterocycles. The predicted molar refractivity (Wildman–Crippen MR) is 81.2 cm³/mol. The second-order valence-corrected chi connectivity index (χ2v) is 5.77. The van der Waals surface area contributed by atoms with E-state index in [9.17, 15) is 0 Å². The van der Waals surface area contributed by atoms with Crippen LogP contribution in [0, 0.1) is 0 Å². The average Bonchev–Trinajstić information content (AvgIpc) is 2.37. The largest absolute Gasteiger partial charge is 0.497 e. The lowest BCUT2D eigenvalue weighted by Gasteiger charge is -2.34. The third kappa shape index (κ3) is 4.45. The van der Waals surface area contributed by atoms with Crippen LogP contribution in [0.2, 0.25) is 0 Å². The SMILES string of the molecule is CCOC(C)(C)C(Cc1cc(OC)ccc1Br)NN. The van der Waals surface area contributed by atoms with Crippen molar-refractivity contribution in [2.24, 2.45) is 5.84 Å². The van der Waals surface area contributed by atoms with Gasteiger partial charge in [0.05, 0.1) is 18.8 Å². The molecule has 1 aromatic rings. The Balaban J connectivity index is 2.92. The van der Waals surface area contributed by atoms with Crippen LogP contribution in [0.25, 0.3) is 0 Å². The highest BCUT2D eigenvalue weighted by molar-refractivity contribution is 9.10. The molecule has 0 bridgehead atoms. The van der Waals surface area contributed by atoms with Crippen molar-refractivity contribution in [3.63, 3.8) is 0 Å². The summed E-state index contributed by atoms with van der Waals surface area (Å²) in [6.07, 6.45) is 0.751. The van der Waals surface area contributed by atoms with Gasteiger partial charge in [-0.25, -0.2) is 0 Å². The summed E-state index contributed by atoms with van der Waals surface area (Å²) in [4.78, 5) is 0. The van der Waals surface area contributed by atoms with Crippen LogP contribution in [0.4, 0.5) is 0 Å². The van der Waals surface area contributed by atoms with Crippen LogP contribution in [0.15, 0.2) is 22.7 Å². The molecular formula is C14H23BrN2O2. The minimum atomic E-state index is -0.341. The normalized spacial score (nSPS) is 13.4. The Morgan fingerprint density at radius 1 is 1.42 bits per heavy atom. The first-order valence-corrected chi connectivity index (χ1v) is 7.16. The van der Waals surface area contributed by atoms with Gasteiger partial charge >= 0.3 is 0 Å². The van der Waals surface area contributed by atoms with Gasteiger partial charge in [0.15, 0.2) is 0 Å². The summed E-state index contributed by atoms with van der Waals surface area (Å²) in [5, 5.41) is 0. The molecule has 1 unspecified atom stereocenters. The molecule has 4 nitrogen and oxygen atoms in total. The zero-order chi connectivity index (χ0) is 14.5. The van der Waals surface area contributed by atoms with Gasteiger partial charge in [-0.3, -0.25) is 11.3 Å². The molecule has 3 N–H and O–H groups in total. The van der Waals surface area contributed by atoms with Crippen LogP contribution in [0.1, 0.15) is 26.3 Å². The third-order valence-electron chi connectivity index (χ3n) is 3.23. The van der Waals surface area contributed by atoms with E-state index in [0.717, 1.165) is 22.2 Å². The third-order valence-corrected chi connectivity index (χ3v) is 4.01. The van der Waals surface area contributed by atoms with E-state index in [1.165, 1.54) is 0 Å². The van der Waals surface area contributed by atoms with Crippen molar-refractivity contribution < 1.29 is 9.47 Å². The van der Waals surface area contributed by atoms with Crippen LogP contribution in [-0.4, -0.2) is 25.4 Å². The van der Waals surface area contributed by atoms with E-state index in [-0.39, 0.29) is 11.6 Å². The second kappa shape index (κ2) is 7.24. The summed E-state index contributed by atoms with van der Waals surface area (Å²) in [6, 6.07) is 5.92. The van der Waals surface area contributed by atoms with Crippen LogP contribution in [-0.2, 0) is 11.2 Å². The number of hydrazine groups is 1. The van der Waals surface area contributed by atoms with Crippen molar-refractivity contribution in [1.29, 1.82) is 0 Å². The second-order valence-electron chi connectivity index (χ2n) is 4.92. The fourth-order valence-corrected chi connectivity index (χ4v) is 2.44. The molecule has 0 aliphatic rings. The van der Waals surface area contributed by atoms with E-state index in [1.807, 2.05) is 39.0 Å². The monoisotopic (exact) mass is 330 g/mol. The number of nitrogens with two attached hydrogens (primary N) is 1. The standard InChI is InChI=1S/C14H23BrN2O2/c1-5-19-14(2,3)13(17-16)9-10-8-11(18-4)6-7-12(10)15/h6-8,13,17H,5,9,16H2,1-4H3. The number of benzene rings is 1. The lowest BCUT2D eigenvalue weighted by molar-refractivity contribution is -0.0381. The molecule has 1 rings (SSSR count). The smallest absolute Gasteiger partial charge is 0.119 e. The fraction of sp³-hybridized carbons (Fsp3) is 0.571. The molecular weight excluding hydrogens is 308 g/mol. The molecule has 1 atom stereocenters. The Labute approximate surface area is 123 Å². The molecule has 0 spiro atoms. The molecule has 0 aromatic heterocycles. The molecule has 19 heavy (non-hydrogen) atoms. The number of nitrogens with one attached hydrogen (secondary N) is 1. The molecule has 0 aliphatic carbocycles. The molecule has 1 aromatic carbocycles. The molecule has 0 radical (unpaired) electrons. The quantitative estimate of drug-likeness (QED) is 0.596. The van der Waals surface area contributed by atoms with E-state index in [2.05, 4.69) is 21.4 Å². The van der Waals surface area contributed by atoms with E-state index in [0.29, 0.717) is 6.61 Å². The minimum absolute atomic E-state index is 0.0101. The van der Waals surface area contributed by atoms with Gasteiger partial charge < -0.3 is 9.47 Å². The molecule has 5 heteroatoms. The predicted octanol–water partition coefficient (Wildman–Crippen LogP) is 2.65. The lowest BCUT2D eigenvalue weighted by atomic mass is 9.92. The maximum Gasteiger partial charge on any atom is 0.119 e. The number of hydrogen-bond acceptors (Lipinski definition) is 4. The van der Waals surface area contributed by atoms with Crippen LogP contribution in [0.3, 0.4) is 0 Å². The van der Waals surface area contributed by atoms with Crippen LogP contribution < -0.4 is 16.0 Å². The summed E-state index contributed by atoms with van der Waals surface area (Å²) in [7, 11) is 1.66. The Kier molecular flexibility index (Phi) is 6.26. The highest BCUT2D eigenvalue weighted by atomic mass is 79.9. The minimum Gasteiger partial charge on any atom is -0.497 e. The van der Waals surface area contributed by atoms with Gasteiger partial charge in [-0.1, -0.05) is 15.9 Å². The molecule has 0 fully saturated rings. The van der Waals surface area contributed by atoms with E-state index in [1.54, 1.807) is 7.11 Å². The Morgan fingerprint density at radius 3 is 2.63 bits per heavy atom. The highest BCUT2D eigenvalue weighted by Gasteiger charge is 2.29. The van der Waals surface area contributed by atoms with Gasteiger partial charge in [0.2, 0.25) is 0 Å². The first-order valence-electron chi connectivity index (χ1n) is 6.37. The van der Waals surface area contributed by atoms with Crippen molar-refractivity contribution in [3.8, 4) is 5.75 Å². The number of rotatable bonds is 7. The molecule has 108 valence electrons. The first-order chi connectivity index (χ1) is 8.94. The zero-order valence-electron chi connectivity index (χ0n) is 12.0. The number of ether oxygens (including phenoxy) is 2. The summed E-state index contributed by atoms with van der Waals surface area (Å²) >= 11 is 3.56. The van der Waals surface area contributed by atoms with Gasteiger partial charge in [-0.2, -0.15) is 0 Å².